The number of amides is 1. The van der Waals surface area contributed by atoms with Crippen LogP contribution in [0.25, 0.3) is 0 Å². The van der Waals surface area contributed by atoms with Gasteiger partial charge >= 0.3 is 6.09 Å². The molecule has 1 aliphatic heterocycles. The minimum Gasteiger partial charge on any atom is -0.436 e. The van der Waals surface area contributed by atoms with E-state index in [1.165, 1.54) is 6.08 Å². The van der Waals surface area contributed by atoms with Gasteiger partial charge in [0, 0.05) is 12.1 Å². The molecule has 1 aromatic carbocycles. The van der Waals surface area contributed by atoms with Crippen LogP contribution in [0.4, 0.5) is 10.5 Å². The Balaban J connectivity index is 2.36. The number of ether oxygens (including phenoxy) is 1. The summed E-state index contributed by atoms with van der Waals surface area (Å²) in [5.74, 6) is 0. The smallest absolute Gasteiger partial charge is 0.424 e. The Morgan fingerprint density at radius 1 is 1.45 bits per heavy atom. The molecule has 1 fully saturated rings. The summed E-state index contributed by atoms with van der Waals surface area (Å²) < 4.78 is 30.7. The highest BCUT2D eigenvalue weighted by Crippen LogP contribution is 2.31. The van der Waals surface area contributed by atoms with Crippen molar-refractivity contribution in [3.8, 4) is 0 Å². The molecule has 1 aliphatic rings. The molecule has 9 heteroatoms. The van der Waals surface area contributed by atoms with E-state index in [0.717, 1.165) is 24.3 Å². The van der Waals surface area contributed by atoms with Crippen LogP contribution in [-0.4, -0.2) is 35.9 Å². The number of benzene rings is 1. The number of carbonyl (C=O) groups excluding carboxylic acids is 1. The molecule has 1 aromatic rings. The number of nitro benzene ring substituents is 1. The molecular formula is C13H14N2O6S. The molecule has 0 bridgehead atoms. The molecule has 0 radical (unpaired) electrons. The first-order valence-electron chi connectivity index (χ1n) is 6.39. The van der Waals surface area contributed by atoms with Gasteiger partial charge in [-0.25, -0.2) is 13.2 Å². The van der Waals surface area contributed by atoms with Crippen molar-refractivity contribution >= 4 is 21.8 Å². The predicted molar refractivity (Wildman–Crippen MR) is 76.7 cm³/mol. The van der Waals surface area contributed by atoms with Crippen LogP contribution in [0.1, 0.15) is 13.3 Å². The molecule has 1 saturated heterocycles. The standard InChI is InChI=1S/C13H14N2O6S/c1-3-13(4-2)9-14(12(16)21-13)22(19,20)11-7-5-10(6-8-11)15(17)18/h3,5-8H,1,4,9H2,2H3. The van der Waals surface area contributed by atoms with E-state index in [2.05, 4.69) is 6.58 Å². The van der Waals surface area contributed by atoms with E-state index in [1.54, 1.807) is 6.92 Å². The second kappa shape index (κ2) is 5.41. The Morgan fingerprint density at radius 2 is 2.05 bits per heavy atom. The van der Waals surface area contributed by atoms with Gasteiger partial charge in [0.1, 0.15) is 0 Å². The molecule has 0 aromatic heterocycles. The quantitative estimate of drug-likeness (QED) is 0.466. The Morgan fingerprint density at radius 3 is 2.45 bits per heavy atom. The van der Waals surface area contributed by atoms with Crippen LogP contribution in [-0.2, 0) is 14.8 Å². The predicted octanol–water partition coefficient (Wildman–Crippen LogP) is 2.07. The van der Waals surface area contributed by atoms with E-state index in [0.29, 0.717) is 10.7 Å². The Labute approximate surface area is 127 Å². The fourth-order valence-corrected chi connectivity index (χ4v) is 3.41. The molecule has 0 N–H and O–H groups in total. The first-order chi connectivity index (χ1) is 10.3. The Kier molecular flexibility index (Phi) is 3.92. The summed E-state index contributed by atoms with van der Waals surface area (Å²) in [6.45, 7) is 5.14. The van der Waals surface area contributed by atoms with Gasteiger partial charge in [-0.3, -0.25) is 10.1 Å². The van der Waals surface area contributed by atoms with Crippen molar-refractivity contribution in [3.63, 3.8) is 0 Å². The third kappa shape index (κ3) is 2.54. The lowest BCUT2D eigenvalue weighted by atomic mass is 10.0. The maximum absolute atomic E-state index is 12.5. The molecule has 1 unspecified atom stereocenters. The van der Waals surface area contributed by atoms with E-state index in [9.17, 15) is 23.3 Å². The third-order valence-electron chi connectivity index (χ3n) is 3.51. The first-order valence-corrected chi connectivity index (χ1v) is 7.83. The van der Waals surface area contributed by atoms with Gasteiger partial charge in [0.25, 0.3) is 15.7 Å². The molecule has 0 aliphatic carbocycles. The summed E-state index contributed by atoms with van der Waals surface area (Å²) in [5, 5.41) is 10.6. The van der Waals surface area contributed by atoms with Crippen molar-refractivity contribution in [1.29, 1.82) is 0 Å². The molecule has 0 spiro atoms. The first kappa shape index (κ1) is 16.0. The van der Waals surface area contributed by atoms with Crippen LogP contribution in [0.3, 0.4) is 0 Å². The highest BCUT2D eigenvalue weighted by atomic mass is 32.2. The summed E-state index contributed by atoms with van der Waals surface area (Å²) in [5.41, 5.74) is -1.29. The van der Waals surface area contributed by atoms with E-state index in [1.807, 2.05) is 0 Å². The molecule has 8 nitrogen and oxygen atoms in total. The third-order valence-corrected chi connectivity index (χ3v) is 5.24. The maximum Gasteiger partial charge on any atom is 0.424 e. The van der Waals surface area contributed by atoms with Gasteiger partial charge in [-0.05, 0) is 24.6 Å². The number of hydrogen-bond donors (Lipinski definition) is 0. The number of hydrogen-bond acceptors (Lipinski definition) is 6. The molecule has 22 heavy (non-hydrogen) atoms. The number of rotatable bonds is 5. The summed E-state index contributed by atoms with van der Waals surface area (Å²) in [6, 6.07) is 4.30. The molecule has 0 saturated carbocycles. The topological polar surface area (TPSA) is 107 Å². The Hall–Kier alpha value is -2.42. The minimum absolute atomic E-state index is 0.175. The lowest BCUT2D eigenvalue weighted by Crippen LogP contribution is -2.35. The number of cyclic esters (lactones) is 1. The zero-order chi connectivity index (χ0) is 16.5. The number of sulfonamides is 1. The maximum atomic E-state index is 12.5. The van der Waals surface area contributed by atoms with Crippen LogP contribution in [0.2, 0.25) is 0 Å². The minimum atomic E-state index is -4.13. The van der Waals surface area contributed by atoms with Gasteiger partial charge < -0.3 is 4.74 Å². The van der Waals surface area contributed by atoms with Gasteiger partial charge in [-0.15, -0.1) is 0 Å². The molecule has 1 heterocycles. The monoisotopic (exact) mass is 326 g/mol. The van der Waals surface area contributed by atoms with Crippen molar-refractivity contribution in [2.24, 2.45) is 0 Å². The van der Waals surface area contributed by atoms with Crippen molar-refractivity contribution < 1.29 is 22.9 Å². The van der Waals surface area contributed by atoms with E-state index < -0.39 is 26.6 Å². The van der Waals surface area contributed by atoms with Crippen LogP contribution in [0.5, 0.6) is 0 Å². The molecule has 118 valence electrons. The Bertz CT molecular complexity index is 727. The average Bonchev–Trinajstić information content (AvgIpc) is 2.86. The highest BCUT2D eigenvalue weighted by Gasteiger charge is 2.47. The van der Waals surface area contributed by atoms with Crippen molar-refractivity contribution in [2.75, 3.05) is 6.54 Å². The number of nitro groups is 1. The van der Waals surface area contributed by atoms with Crippen molar-refractivity contribution in [2.45, 2.75) is 23.8 Å². The van der Waals surface area contributed by atoms with Gasteiger partial charge in [0.15, 0.2) is 5.60 Å². The van der Waals surface area contributed by atoms with Gasteiger partial charge in [-0.2, -0.15) is 4.31 Å². The number of non-ortho nitro benzene ring substituents is 1. The second-order valence-electron chi connectivity index (χ2n) is 4.75. The summed E-state index contributed by atoms with van der Waals surface area (Å²) in [6.07, 6.45) is 0.797. The molecule has 2 rings (SSSR count). The lowest BCUT2D eigenvalue weighted by Gasteiger charge is -2.20. The fourth-order valence-electron chi connectivity index (χ4n) is 2.05. The van der Waals surface area contributed by atoms with Crippen LogP contribution in [0.15, 0.2) is 41.8 Å². The normalized spacial score (nSPS) is 21.5. The molecule has 1 amide bonds. The number of nitrogens with zero attached hydrogens (tertiary/aromatic N) is 2. The summed E-state index contributed by atoms with van der Waals surface area (Å²) in [7, 11) is -4.13. The zero-order valence-corrected chi connectivity index (χ0v) is 12.6. The van der Waals surface area contributed by atoms with Crippen molar-refractivity contribution in [3.05, 3.63) is 47.0 Å². The van der Waals surface area contributed by atoms with E-state index >= 15 is 0 Å². The van der Waals surface area contributed by atoms with Crippen LogP contribution in [0, 0.1) is 10.1 Å². The van der Waals surface area contributed by atoms with Crippen LogP contribution < -0.4 is 0 Å². The summed E-state index contributed by atoms with van der Waals surface area (Å²) >= 11 is 0. The number of carbonyl (C=O) groups is 1. The van der Waals surface area contributed by atoms with E-state index in [4.69, 9.17) is 4.74 Å². The molecular weight excluding hydrogens is 312 g/mol. The van der Waals surface area contributed by atoms with Gasteiger partial charge in [0.2, 0.25) is 0 Å². The van der Waals surface area contributed by atoms with E-state index in [-0.39, 0.29) is 17.1 Å². The summed E-state index contributed by atoms with van der Waals surface area (Å²) in [4.78, 5) is 21.6. The molecule has 1 atom stereocenters. The van der Waals surface area contributed by atoms with Gasteiger partial charge in [-0.1, -0.05) is 13.5 Å². The SMILES string of the molecule is C=CC1(CC)CN(S(=O)(=O)c2ccc([N+](=O)[O-])cc2)C(=O)O1. The zero-order valence-electron chi connectivity index (χ0n) is 11.8. The lowest BCUT2D eigenvalue weighted by molar-refractivity contribution is -0.384. The van der Waals surface area contributed by atoms with Crippen LogP contribution >= 0.6 is 0 Å². The van der Waals surface area contributed by atoms with Gasteiger partial charge in [0.05, 0.1) is 16.4 Å². The fraction of sp³-hybridized carbons (Fsp3) is 0.308. The largest absolute Gasteiger partial charge is 0.436 e. The average molecular weight is 326 g/mol. The van der Waals surface area contributed by atoms with Crippen molar-refractivity contribution in [1.82, 2.24) is 4.31 Å². The second-order valence-corrected chi connectivity index (χ2v) is 6.62. The highest BCUT2D eigenvalue weighted by molar-refractivity contribution is 7.89.